The molecule has 0 radical (unpaired) electrons. The van der Waals surface area contributed by atoms with Crippen molar-refractivity contribution in [2.75, 3.05) is 62.2 Å². The van der Waals surface area contributed by atoms with E-state index in [4.69, 9.17) is 0 Å². The Morgan fingerprint density at radius 2 is 0.980 bits per heavy atom. The number of rotatable bonds is 6. The number of carbonyl (C=O) groups is 2. The fourth-order valence-electron chi connectivity index (χ4n) is 6.63. The first-order chi connectivity index (χ1) is 23.1. The van der Waals surface area contributed by atoms with Gasteiger partial charge in [-0.15, -0.1) is 12.4 Å². The first-order valence-electron chi connectivity index (χ1n) is 16.3. The van der Waals surface area contributed by atoms with Crippen LogP contribution in [-0.4, -0.2) is 89.1 Å². The maximum absolute atomic E-state index is 14.6. The van der Waals surface area contributed by atoms with E-state index in [0.717, 1.165) is 51.9 Å². The van der Waals surface area contributed by atoms with Crippen LogP contribution in [0.15, 0.2) is 46.2 Å². The van der Waals surface area contributed by atoms with Gasteiger partial charge in [0.15, 0.2) is 0 Å². The zero-order valence-electron chi connectivity index (χ0n) is 27.1. The second-order valence-corrected chi connectivity index (χ2v) is 12.7. The molecule has 0 amide bonds. The maximum atomic E-state index is 14.6. The number of nitrogens with one attached hydrogen (secondary N) is 2. The summed E-state index contributed by atoms with van der Waals surface area (Å²) in [6.45, 7) is 5.92. The van der Waals surface area contributed by atoms with Crippen LogP contribution in [0.1, 0.15) is 58.5 Å². The molecule has 4 aromatic rings. The molecule has 2 saturated heterocycles. The third-order valence-corrected chi connectivity index (χ3v) is 9.46. The van der Waals surface area contributed by atoms with Crippen molar-refractivity contribution < 1.29 is 34.1 Å². The molecule has 0 unspecified atom stereocenters. The van der Waals surface area contributed by atoms with Gasteiger partial charge in [-0.3, -0.25) is 9.59 Å². The van der Waals surface area contributed by atoms with E-state index >= 15 is 0 Å². The summed E-state index contributed by atoms with van der Waals surface area (Å²) in [5, 5.41) is 25.2. The van der Waals surface area contributed by atoms with Gasteiger partial charge in [-0.1, -0.05) is 0 Å². The molecule has 2 saturated carbocycles. The van der Waals surface area contributed by atoms with Crippen molar-refractivity contribution in [3.05, 3.63) is 79.9 Å². The number of carboxylic acid groups (broad SMARTS) is 2. The van der Waals surface area contributed by atoms with Crippen molar-refractivity contribution in [2.24, 2.45) is 0 Å². The minimum atomic E-state index is -1.28. The van der Waals surface area contributed by atoms with E-state index in [1.807, 2.05) is 18.9 Å². The van der Waals surface area contributed by atoms with E-state index in [1.54, 1.807) is 12.1 Å². The summed E-state index contributed by atoms with van der Waals surface area (Å²) in [6.07, 6.45) is 6.58. The molecular formula is C34H39ClF2N6O7. The summed E-state index contributed by atoms with van der Waals surface area (Å²) < 4.78 is 32.9. The van der Waals surface area contributed by atoms with E-state index in [1.165, 1.54) is 24.5 Å². The summed E-state index contributed by atoms with van der Waals surface area (Å²) >= 11 is 0. The smallest absolute Gasteiger partial charge is 0.341 e. The van der Waals surface area contributed by atoms with Crippen molar-refractivity contribution >= 4 is 57.5 Å². The Morgan fingerprint density at radius 3 is 1.28 bits per heavy atom. The molecule has 2 aliphatic heterocycles. The second-order valence-electron chi connectivity index (χ2n) is 12.7. The fraction of sp³-hybridized carbons (Fsp3) is 0.412. The summed E-state index contributed by atoms with van der Waals surface area (Å²) in [6, 6.07) is 6.16. The van der Waals surface area contributed by atoms with Crippen LogP contribution >= 0.6 is 12.4 Å². The molecule has 2 aliphatic carbocycles. The van der Waals surface area contributed by atoms with Crippen LogP contribution in [0, 0.1) is 11.6 Å². The van der Waals surface area contributed by atoms with Crippen LogP contribution in [0.5, 0.6) is 0 Å². The molecule has 16 heteroatoms. The number of fused-ring (bicyclic) bond motifs is 2. The predicted molar refractivity (Wildman–Crippen MR) is 188 cm³/mol. The largest absolute Gasteiger partial charge is 0.477 e. The SMILES string of the molecule is Cl.O.O=C(O)c1cn(C2CC2)c2cc(N3CCNCC3)c(F)cc2c1=O.O=C(O)c1cn(C2CC2)c2cc(N3CCNCC3)c(F)cc2c1=O. The number of anilines is 2. The van der Waals surface area contributed by atoms with Crippen molar-refractivity contribution in [2.45, 2.75) is 37.8 Å². The Kier molecular flexibility index (Phi) is 10.8. The predicted octanol–water partition coefficient (Wildman–Crippen LogP) is 2.76. The molecule has 4 aliphatic rings. The first kappa shape index (κ1) is 36.7. The van der Waals surface area contributed by atoms with Crippen molar-refractivity contribution in [3.8, 4) is 0 Å². The Labute approximate surface area is 290 Å². The molecular weight excluding hydrogens is 678 g/mol. The molecule has 4 fully saturated rings. The maximum Gasteiger partial charge on any atom is 0.341 e. The lowest BCUT2D eigenvalue weighted by Crippen LogP contribution is -2.43. The molecule has 0 spiro atoms. The molecule has 2 aromatic heterocycles. The quantitative estimate of drug-likeness (QED) is 0.232. The van der Waals surface area contributed by atoms with E-state index < -0.39 is 34.4 Å². The lowest BCUT2D eigenvalue weighted by atomic mass is 10.1. The van der Waals surface area contributed by atoms with Gasteiger partial charge in [-0.25, -0.2) is 18.4 Å². The lowest BCUT2D eigenvalue weighted by molar-refractivity contribution is 0.0684. The number of carboxylic acids is 2. The monoisotopic (exact) mass is 716 g/mol. The van der Waals surface area contributed by atoms with Crippen LogP contribution < -0.4 is 31.3 Å². The molecule has 2 aromatic carbocycles. The molecule has 13 nitrogen and oxygen atoms in total. The third kappa shape index (κ3) is 7.03. The number of pyridine rings is 2. The van der Waals surface area contributed by atoms with Gasteiger partial charge in [0.25, 0.3) is 0 Å². The molecule has 268 valence electrons. The topological polar surface area (TPSA) is 181 Å². The number of nitrogens with zero attached hydrogens (tertiary/aromatic N) is 4. The molecule has 50 heavy (non-hydrogen) atoms. The highest BCUT2D eigenvalue weighted by atomic mass is 35.5. The van der Waals surface area contributed by atoms with Crippen molar-refractivity contribution in [1.29, 1.82) is 0 Å². The average Bonchev–Trinajstić information content (AvgIpc) is 4.01. The number of hydrogen-bond donors (Lipinski definition) is 4. The Balaban J connectivity index is 0.000000187. The van der Waals surface area contributed by atoms with E-state index in [0.29, 0.717) is 48.6 Å². The van der Waals surface area contributed by atoms with Gasteiger partial charge in [0.05, 0.1) is 22.4 Å². The van der Waals surface area contributed by atoms with Gasteiger partial charge >= 0.3 is 11.9 Å². The van der Waals surface area contributed by atoms with Gasteiger partial charge in [-0.05, 0) is 49.9 Å². The van der Waals surface area contributed by atoms with Crippen LogP contribution in [0.3, 0.4) is 0 Å². The zero-order chi connectivity index (χ0) is 33.7. The number of benzene rings is 2. The Morgan fingerprint density at radius 1 is 0.640 bits per heavy atom. The minimum absolute atomic E-state index is 0. The van der Waals surface area contributed by atoms with Crippen LogP contribution in [0.25, 0.3) is 21.8 Å². The average molecular weight is 717 g/mol. The molecule has 0 atom stereocenters. The third-order valence-electron chi connectivity index (χ3n) is 9.46. The molecule has 8 rings (SSSR count). The van der Waals surface area contributed by atoms with Gasteiger partial charge < -0.3 is 45.3 Å². The van der Waals surface area contributed by atoms with E-state index in [-0.39, 0.29) is 51.9 Å². The van der Waals surface area contributed by atoms with Crippen LogP contribution in [0.4, 0.5) is 20.2 Å². The molecule has 0 bridgehead atoms. The highest BCUT2D eigenvalue weighted by molar-refractivity contribution is 5.94. The summed E-state index contributed by atoms with van der Waals surface area (Å²) in [5.74, 6) is -3.51. The summed E-state index contributed by atoms with van der Waals surface area (Å²) in [4.78, 5) is 51.4. The van der Waals surface area contributed by atoms with Crippen LogP contribution in [-0.2, 0) is 0 Å². The number of piperazine rings is 2. The Bertz CT molecular complexity index is 1920. The van der Waals surface area contributed by atoms with E-state index in [2.05, 4.69) is 10.6 Å². The second kappa shape index (κ2) is 14.7. The van der Waals surface area contributed by atoms with Crippen LogP contribution in [0.2, 0.25) is 0 Å². The van der Waals surface area contributed by atoms with Gasteiger partial charge in [-0.2, -0.15) is 0 Å². The fourth-order valence-corrected chi connectivity index (χ4v) is 6.63. The number of aromatic nitrogens is 2. The number of aromatic carboxylic acids is 2. The molecule has 4 heterocycles. The standard InChI is InChI=1S/2C17H18FN3O3.ClH.H2O/c2*18-13-7-11-14(8-15(13)20-5-3-19-4-6-20)21(10-1-2-10)9-12(16(11)22)17(23)24;;/h2*7-10,19H,1-6H2,(H,23,24);1H;1H2. The summed E-state index contributed by atoms with van der Waals surface area (Å²) in [5.41, 5.74) is 0.319. The van der Waals surface area contributed by atoms with E-state index in [9.17, 15) is 38.2 Å². The highest BCUT2D eigenvalue weighted by Crippen LogP contribution is 2.39. The van der Waals surface area contributed by atoms with Gasteiger partial charge in [0.2, 0.25) is 10.9 Å². The van der Waals surface area contributed by atoms with Gasteiger partial charge in [0, 0.05) is 87.6 Å². The minimum Gasteiger partial charge on any atom is -0.477 e. The van der Waals surface area contributed by atoms with Crippen molar-refractivity contribution in [3.63, 3.8) is 0 Å². The highest BCUT2D eigenvalue weighted by Gasteiger charge is 2.29. The summed E-state index contributed by atoms with van der Waals surface area (Å²) in [7, 11) is 0. The Hall–Kier alpha value is -4.57. The zero-order valence-corrected chi connectivity index (χ0v) is 27.9. The van der Waals surface area contributed by atoms with Crippen molar-refractivity contribution in [1.82, 2.24) is 19.8 Å². The number of hydrogen-bond acceptors (Lipinski definition) is 8. The lowest BCUT2D eigenvalue weighted by Gasteiger charge is -2.30. The number of halogens is 3. The normalized spacial score (nSPS) is 17.4. The molecule has 6 N–H and O–H groups in total. The van der Waals surface area contributed by atoms with Gasteiger partial charge in [0.1, 0.15) is 22.8 Å². The first-order valence-corrected chi connectivity index (χ1v) is 16.3.